The summed E-state index contributed by atoms with van der Waals surface area (Å²) in [4.78, 5) is 4.30. The van der Waals surface area contributed by atoms with E-state index in [2.05, 4.69) is 4.98 Å². The quantitative estimate of drug-likeness (QED) is 0.630. The zero-order valence-electron chi connectivity index (χ0n) is 15.2. The number of methoxy groups -OCH3 is 2. The Hall–Kier alpha value is -4.23. The summed E-state index contributed by atoms with van der Waals surface area (Å²) in [6.07, 6.45) is 0. The minimum atomic E-state index is 0.310. The normalized spacial score (nSPS) is 9.71. The van der Waals surface area contributed by atoms with Crippen LogP contribution in [0.4, 0.5) is 0 Å². The van der Waals surface area contributed by atoms with E-state index in [1.165, 1.54) is 14.2 Å². The van der Waals surface area contributed by atoms with E-state index in [9.17, 15) is 0 Å². The van der Waals surface area contributed by atoms with Crippen molar-refractivity contribution in [3.05, 3.63) is 65.7 Å². The highest BCUT2D eigenvalue weighted by molar-refractivity contribution is 5.49. The van der Waals surface area contributed by atoms with E-state index < -0.39 is 0 Å². The molecule has 0 saturated carbocycles. The minimum Gasteiger partial charge on any atom is -0.495 e. The molecule has 7 nitrogen and oxygen atoms in total. The molecule has 0 fully saturated rings. The van der Waals surface area contributed by atoms with Gasteiger partial charge in [0.25, 0.3) is 0 Å². The van der Waals surface area contributed by atoms with Crippen LogP contribution in [0.3, 0.4) is 0 Å². The Morgan fingerprint density at radius 3 is 1.57 bits per heavy atom. The van der Waals surface area contributed by atoms with Crippen LogP contribution < -0.4 is 18.9 Å². The van der Waals surface area contributed by atoms with Gasteiger partial charge in [-0.1, -0.05) is 6.07 Å². The summed E-state index contributed by atoms with van der Waals surface area (Å²) in [6, 6.07) is 18.9. The molecule has 1 heterocycles. The Morgan fingerprint density at radius 1 is 0.714 bits per heavy atom. The van der Waals surface area contributed by atoms with Crippen LogP contribution in [0.2, 0.25) is 0 Å². The number of nitriles is 2. The molecule has 0 amide bonds. The smallest absolute Gasteiger partial charge is 0.222 e. The number of rotatable bonds is 6. The van der Waals surface area contributed by atoms with Crippen molar-refractivity contribution >= 4 is 0 Å². The second-order valence-electron chi connectivity index (χ2n) is 5.47. The van der Waals surface area contributed by atoms with Crippen LogP contribution in [0.5, 0.6) is 34.8 Å². The Labute approximate surface area is 161 Å². The maximum atomic E-state index is 9.05. The van der Waals surface area contributed by atoms with Crippen molar-refractivity contribution in [1.29, 1.82) is 10.5 Å². The van der Waals surface area contributed by atoms with Crippen molar-refractivity contribution in [2.45, 2.75) is 0 Å². The lowest BCUT2D eigenvalue weighted by Gasteiger charge is -2.10. The van der Waals surface area contributed by atoms with Crippen LogP contribution in [0.1, 0.15) is 11.1 Å². The zero-order valence-corrected chi connectivity index (χ0v) is 15.2. The van der Waals surface area contributed by atoms with Crippen molar-refractivity contribution in [2.75, 3.05) is 14.2 Å². The molecule has 0 saturated heterocycles. The molecule has 0 aliphatic carbocycles. The fourth-order valence-electron chi connectivity index (χ4n) is 2.41. The topological polar surface area (TPSA) is 97.4 Å². The van der Waals surface area contributed by atoms with Crippen molar-refractivity contribution in [3.63, 3.8) is 0 Å². The molecule has 28 heavy (non-hydrogen) atoms. The number of hydrogen-bond donors (Lipinski definition) is 0. The number of pyridine rings is 1. The molecule has 1 aromatic heterocycles. The Bertz CT molecular complexity index is 1000. The second-order valence-corrected chi connectivity index (χ2v) is 5.47. The molecule has 0 aliphatic rings. The summed E-state index contributed by atoms with van der Waals surface area (Å²) in [5, 5.41) is 18.1. The Morgan fingerprint density at radius 2 is 1.18 bits per heavy atom. The second kappa shape index (κ2) is 8.43. The van der Waals surface area contributed by atoms with E-state index in [-0.39, 0.29) is 0 Å². The number of aromatic nitrogens is 1. The number of ether oxygens (including phenoxy) is 4. The van der Waals surface area contributed by atoms with Gasteiger partial charge in [0, 0.05) is 24.3 Å². The summed E-state index contributed by atoms with van der Waals surface area (Å²) in [7, 11) is 2.97. The first-order valence-electron chi connectivity index (χ1n) is 8.16. The monoisotopic (exact) mass is 373 g/mol. The van der Waals surface area contributed by atoms with E-state index in [4.69, 9.17) is 29.5 Å². The first-order valence-corrected chi connectivity index (χ1v) is 8.16. The van der Waals surface area contributed by atoms with Crippen molar-refractivity contribution in [3.8, 4) is 46.9 Å². The lowest BCUT2D eigenvalue weighted by molar-refractivity contribution is 0.399. The average molecular weight is 373 g/mol. The Kier molecular flexibility index (Phi) is 5.59. The van der Waals surface area contributed by atoms with Gasteiger partial charge in [-0.3, -0.25) is 0 Å². The third kappa shape index (κ3) is 4.12. The predicted octanol–water partition coefficient (Wildman–Crippen LogP) is 4.43. The number of nitrogens with zero attached hydrogens (tertiary/aromatic N) is 3. The highest BCUT2D eigenvalue weighted by Gasteiger charge is 2.09. The van der Waals surface area contributed by atoms with E-state index >= 15 is 0 Å². The van der Waals surface area contributed by atoms with Gasteiger partial charge in [0.05, 0.1) is 25.3 Å². The fraction of sp³-hybridized carbons (Fsp3) is 0.0952. The van der Waals surface area contributed by atoms with Crippen LogP contribution in [0.25, 0.3) is 0 Å². The fourth-order valence-corrected chi connectivity index (χ4v) is 2.41. The van der Waals surface area contributed by atoms with Crippen molar-refractivity contribution in [1.82, 2.24) is 4.98 Å². The molecule has 0 unspecified atom stereocenters. The largest absolute Gasteiger partial charge is 0.495 e. The highest BCUT2D eigenvalue weighted by Crippen LogP contribution is 2.30. The number of hydrogen-bond acceptors (Lipinski definition) is 7. The molecule has 0 spiro atoms. The highest BCUT2D eigenvalue weighted by atomic mass is 16.5. The summed E-state index contributed by atoms with van der Waals surface area (Å²) in [5.74, 6) is 2.39. The van der Waals surface area contributed by atoms with Crippen molar-refractivity contribution in [2.24, 2.45) is 0 Å². The maximum absolute atomic E-state index is 9.05. The average Bonchev–Trinajstić information content (AvgIpc) is 2.73. The zero-order chi connectivity index (χ0) is 19.9. The van der Waals surface area contributed by atoms with E-state index in [0.29, 0.717) is 45.9 Å². The molecule has 0 atom stereocenters. The first kappa shape index (κ1) is 18.6. The van der Waals surface area contributed by atoms with Crippen molar-refractivity contribution < 1.29 is 18.9 Å². The lowest BCUT2D eigenvalue weighted by atomic mass is 10.2. The summed E-state index contributed by atoms with van der Waals surface area (Å²) >= 11 is 0. The van der Waals surface area contributed by atoms with Gasteiger partial charge in [-0.15, -0.1) is 0 Å². The van der Waals surface area contributed by atoms with Gasteiger partial charge in [-0.05, 0) is 24.3 Å². The SMILES string of the molecule is COc1cc(Oc2cccc(Oc3ccc(C#N)c(OC)c3)n2)ccc1C#N. The van der Waals surface area contributed by atoms with Gasteiger partial charge in [0.1, 0.15) is 35.1 Å². The van der Waals surface area contributed by atoms with Gasteiger partial charge in [0.2, 0.25) is 11.8 Å². The molecule has 3 aromatic rings. The standard InChI is InChI=1S/C21H15N3O4/c1-25-18-10-16(8-6-14(18)12-22)27-20-4-3-5-21(24-20)28-17-9-7-15(13-23)19(11-17)26-2/h3-11H,1-2H3. The molecule has 0 radical (unpaired) electrons. The third-order valence-electron chi connectivity index (χ3n) is 3.73. The van der Waals surface area contributed by atoms with Crippen LogP contribution in [-0.4, -0.2) is 19.2 Å². The van der Waals surface area contributed by atoms with Gasteiger partial charge >= 0.3 is 0 Å². The molecule has 138 valence electrons. The summed E-state index contributed by atoms with van der Waals surface area (Å²) in [5.41, 5.74) is 0.823. The molecular weight excluding hydrogens is 358 g/mol. The maximum Gasteiger partial charge on any atom is 0.222 e. The molecular formula is C21H15N3O4. The Balaban J connectivity index is 1.80. The molecule has 7 heteroatoms. The molecule has 0 N–H and O–H groups in total. The van der Waals surface area contributed by atoms with Gasteiger partial charge in [-0.25, -0.2) is 0 Å². The van der Waals surface area contributed by atoms with E-state index in [1.807, 2.05) is 12.1 Å². The third-order valence-corrected chi connectivity index (χ3v) is 3.73. The molecule has 3 rings (SSSR count). The van der Waals surface area contributed by atoms with Crippen LogP contribution in [-0.2, 0) is 0 Å². The van der Waals surface area contributed by atoms with Gasteiger partial charge < -0.3 is 18.9 Å². The first-order chi connectivity index (χ1) is 13.7. The van der Waals surface area contributed by atoms with Crippen LogP contribution in [0.15, 0.2) is 54.6 Å². The minimum absolute atomic E-state index is 0.310. The molecule has 0 aliphatic heterocycles. The van der Waals surface area contributed by atoms with E-state index in [1.54, 1.807) is 54.6 Å². The van der Waals surface area contributed by atoms with Gasteiger partial charge in [-0.2, -0.15) is 15.5 Å². The number of benzene rings is 2. The predicted molar refractivity (Wildman–Crippen MR) is 99.8 cm³/mol. The summed E-state index contributed by atoms with van der Waals surface area (Å²) in [6.45, 7) is 0. The van der Waals surface area contributed by atoms with Gasteiger partial charge in [0.15, 0.2) is 0 Å². The summed E-state index contributed by atoms with van der Waals surface area (Å²) < 4.78 is 21.8. The molecule has 2 aromatic carbocycles. The molecule has 0 bridgehead atoms. The van der Waals surface area contributed by atoms with Crippen LogP contribution in [0, 0.1) is 22.7 Å². The van der Waals surface area contributed by atoms with E-state index in [0.717, 1.165) is 0 Å². The lowest BCUT2D eigenvalue weighted by Crippen LogP contribution is -1.94. The van der Waals surface area contributed by atoms with Crippen LogP contribution >= 0.6 is 0 Å².